The number of hydrogen-bond donors (Lipinski definition) is 3. The van der Waals surface area contributed by atoms with Gasteiger partial charge >= 0.3 is 0 Å². The average molecular weight is 439 g/mol. The summed E-state index contributed by atoms with van der Waals surface area (Å²) in [7, 11) is 0. The first-order valence-electron chi connectivity index (χ1n) is 11.0. The van der Waals surface area contributed by atoms with E-state index in [-0.39, 0.29) is 11.6 Å². The number of benzene rings is 2. The molecule has 31 heavy (non-hydrogen) atoms. The van der Waals surface area contributed by atoms with Crippen LogP contribution in [0.1, 0.15) is 32.9 Å². The van der Waals surface area contributed by atoms with E-state index in [4.69, 9.17) is 21.4 Å². The minimum absolute atomic E-state index is 0.106. The number of aliphatic hydroxyl groups excluding tert-OH is 1. The van der Waals surface area contributed by atoms with Crippen LogP contribution in [0, 0.1) is 20.7 Å². The molecule has 4 aromatic rings. The van der Waals surface area contributed by atoms with E-state index in [1.54, 1.807) is 50.2 Å². The molecule has 1 atom stereocenters. The summed E-state index contributed by atoms with van der Waals surface area (Å²) in [5, 5.41) is 13.5. The van der Waals surface area contributed by atoms with Crippen molar-refractivity contribution in [2.75, 3.05) is 11.1 Å². The number of amides is 1. The van der Waals surface area contributed by atoms with Crippen LogP contribution < -0.4 is 11.1 Å². The topological polar surface area (TPSA) is 106 Å². The SMILES string of the molecule is [2H]C([2H])([2H])c1nc(-c2ccc(NC(=O)[C@@H](O)c3cccc(Cl)c3)cc2C)c2c(N)ncc(C)n12. The summed E-state index contributed by atoms with van der Waals surface area (Å²) in [4.78, 5) is 21.1. The minimum atomic E-state index is -2.46. The number of hydrogen-bond acceptors (Lipinski definition) is 5. The van der Waals surface area contributed by atoms with Gasteiger partial charge in [-0.1, -0.05) is 29.8 Å². The van der Waals surface area contributed by atoms with Crippen LogP contribution in [-0.2, 0) is 4.79 Å². The Morgan fingerprint density at radius 1 is 1.29 bits per heavy atom. The predicted octanol–water partition coefficient (Wildman–Crippen LogP) is 4.23. The van der Waals surface area contributed by atoms with E-state index >= 15 is 0 Å². The second kappa shape index (κ2) is 8.02. The van der Waals surface area contributed by atoms with Crippen molar-refractivity contribution in [2.24, 2.45) is 0 Å². The van der Waals surface area contributed by atoms with Gasteiger partial charge in [0.05, 0.1) is 0 Å². The number of aromatic nitrogens is 3. The lowest BCUT2D eigenvalue weighted by Gasteiger charge is -2.13. The minimum Gasteiger partial charge on any atom is -0.382 e. The number of nitrogens with two attached hydrogens (primary N) is 1. The molecule has 8 heteroatoms. The molecule has 0 fully saturated rings. The highest BCUT2D eigenvalue weighted by atomic mass is 35.5. The van der Waals surface area contributed by atoms with Gasteiger partial charge in [0.15, 0.2) is 6.10 Å². The number of aliphatic hydroxyl groups is 1. The van der Waals surface area contributed by atoms with Crippen LogP contribution in [-0.4, -0.2) is 25.4 Å². The molecule has 2 aromatic heterocycles. The van der Waals surface area contributed by atoms with Gasteiger partial charge in [-0.05, 0) is 56.1 Å². The summed E-state index contributed by atoms with van der Waals surface area (Å²) in [6.45, 7) is 1.08. The van der Waals surface area contributed by atoms with Crippen molar-refractivity contribution in [3.63, 3.8) is 0 Å². The van der Waals surface area contributed by atoms with Crippen molar-refractivity contribution in [3.05, 3.63) is 76.3 Å². The summed E-state index contributed by atoms with van der Waals surface area (Å²) in [6.07, 6.45) is 0.103. The lowest BCUT2D eigenvalue weighted by Crippen LogP contribution is -2.20. The normalized spacial score (nSPS) is 14.0. The van der Waals surface area contributed by atoms with E-state index in [1.165, 1.54) is 16.7 Å². The number of fused-ring (bicyclic) bond motifs is 1. The first-order valence-corrected chi connectivity index (χ1v) is 9.84. The molecule has 0 saturated carbocycles. The van der Waals surface area contributed by atoms with E-state index < -0.39 is 18.9 Å². The van der Waals surface area contributed by atoms with Crippen LogP contribution in [0.2, 0.25) is 5.02 Å². The van der Waals surface area contributed by atoms with Crippen molar-refractivity contribution in [3.8, 4) is 11.3 Å². The fourth-order valence-corrected chi connectivity index (χ4v) is 3.71. The second-order valence-corrected chi connectivity index (χ2v) is 7.67. The van der Waals surface area contributed by atoms with E-state index in [9.17, 15) is 9.90 Å². The number of nitrogen functional groups attached to an aromatic ring is 1. The number of carbonyl (C=O) groups excluding carboxylic acids is 1. The van der Waals surface area contributed by atoms with Gasteiger partial charge in [0.2, 0.25) is 0 Å². The van der Waals surface area contributed by atoms with Gasteiger partial charge in [-0.15, -0.1) is 0 Å². The smallest absolute Gasteiger partial charge is 0.257 e. The van der Waals surface area contributed by atoms with Crippen LogP contribution in [0.3, 0.4) is 0 Å². The number of anilines is 2. The lowest BCUT2D eigenvalue weighted by molar-refractivity contribution is -0.124. The Hall–Kier alpha value is -3.42. The Morgan fingerprint density at radius 2 is 2.10 bits per heavy atom. The maximum absolute atomic E-state index is 12.6. The van der Waals surface area contributed by atoms with Gasteiger partial charge < -0.3 is 16.2 Å². The first kappa shape index (κ1) is 17.3. The summed E-state index contributed by atoms with van der Waals surface area (Å²) in [5.74, 6) is -0.564. The quantitative estimate of drug-likeness (QED) is 0.442. The van der Waals surface area contributed by atoms with Gasteiger partial charge in [0, 0.05) is 32.3 Å². The molecular weight excluding hydrogens is 414 g/mol. The Bertz CT molecular complexity index is 1420. The highest BCUT2D eigenvalue weighted by molar-refractivity contribution is 6.30. The molecule has 0 unspecified atom stereocenters. The molecule has 2 aromatic carbocycles. The molecule has 0 bridgehead atoms. The monoisotopic (exact) mass is 438 g/mol. The number of carbonyl (C=O) groups is 1. The molecule has 0 saturated heterocycles. The van der Waals surface area contributed by atoms with E-state index in [1.807, 2.05) is 0 Å². The van der Waals surface area contributed by atoms with E-state index in [0.717, 1.165) is 0 Å². The summed E-state index contributed by atoms with van der Waals surface area (Å²) in [5.41, 5.74) is 9.67. The number of rotatable bonds is 4. The molecule has 2 heterocycles. The summed E-state index contributed by atoms with van der Waals surface area (Å²) < 4.78 is 25.2. The fraction of sp³-hybridized carbons (Fsp3) is 0.174. The zero-order chi connectivity index (χ0) is 24.8. The largest absolute Gasteiger partial charge is 0.382 e. The fourth-order valence-electron chi connectivity index (χ4n) is 3.52. The zero-order valence-corrected chi connectivity index (χ0v) is 17.6. The number of aryl methyl sites for hydroxylation is 3. The lowest BCUT2D eigenvalue weighted by atomic mass is 10.0. The van der Waals surface area contributed by atoms with Crippen molar-refractivity contribution in [1.82, 2.24) is 14.4 Å². The molecule has 0 aliphatic rings. The van der Waals surface area contributed by atoms with Crippen LogP contribution in [0.25, 0.3) is 16.8 Å². The highest BCUT2D eigenvalue weighted by Gasteiger charge is 2.20. The molecular formula is C23H22ClN5O2. The van der Waals surface area contributed by atoms with E-state index in [2.05, 4.69) is 15.3 Å². The molecule has 158 valence electrons. The molecule has 0 spiro atoms. The van der Waals surface area contributed by atoms with Gasteiger partial charge in [-0.2, -0.15) is 0 Å². The standard InChI is InChI=1S/C23H22ClN5O2/c1-12-9-17(28-23(31)21(30)15-5-4-6-16(24)10-15)7-8-18(12)19-20-22(25)26-11-13(2)29(20)14(3)27-19/h4-11,21,30H,1-3H3,(H2,25,26)(H,28,31)/t21-/m0/s1/i3D3. The molecule has 4 rings (SSSR count). The van der Waals surface area contributed by atoms with Gasteiger partial charge in [-0.25, -0.2) is 9.97 Å². The van der Waals surface area contributed by atoms with Crippen LogP contribution in [0.15, 0.2) is 48.7 Å². The van der Waals surface area contributed by atoms with Gasteiger partial charge in [0.1, 0.15) is 22.9 Å². The maximum atomic E-state index is 12.6. The van der Waals surface area contributed by atoms with Crippen molar-refractivity contribution in [2.45, 2.75) is 26.8 Å². The Morgan fingerprint density at radius 3 is 2.81 bits per heavy atom. The van der Waals surface area contributed by atoms with Crippen molar-refractivity contribution >= 4 is 34.5 Å². The third-order valence-corrected chi connectivity index (χ3v) is 5.26. The Labute approximate surface area is 188 Å². The maximum Gasteiger partial charge on any atom is 0.257 e. The third-order valence-electron chi connectivity index (χ3n) is 5.03. The van der Waals surface area contributed by atoms with Gasteiger partial charge in [-0.3, -0.25) is 9.20 Å². The number of nitrogens with zero attached hydrogens (tertiary/aromatic N) is 3. The molecule has 0 radical (unpaired) electrons. The Kier molecular flexibility index (Phi) is 4.47. The highest BCUT2D eigenvalue weighted by Crippen LogP contribution is 2.32. The number of imidazole rings is 1. The molecule has 0 aliphatic carbocycles. The van der Waals surface area contributed by atoms with Crippen molar-refractivity contribution < 1.29 is 14.0 Å². The van der Waals surface area contributed by atoms with Gasteiger partial charge in [0.25, 0.3) is 5.91 Å². The number of halogens is 1. The molecule has 0 aliphatic heterocycles. The molecule has 4 N–H and O–H groups in total. The molecule has 1 amide bonds. The molecule has 7 nitrogen and oxygen atoms in total. The van der Waals surface area contributed by atoms with Crippen LogP contribution in [0.4, 0.5) is 11.5 Å². The third kappa shape index (κ3) is 3.85. The first-order chi connectivity index (χ1) is 16.0. The average Bonchev–Trinajstić information content (AvgIpc) is 3.18. The summed E-state index contributed by atoms with van der Waals surface area (Å²) in [6, 6.07) is 11.5. The van der Waals surface area contributed by atoms with Crippen LogP contribution >= 0.6 is 11.6 Å². The zero-order valence-electron chi connectivity index (χ0n) is 19.8. The van der Waals surface area contributed by atoms with Crippen LogP contribution in [0.5, 0.6) is 0 Å². The van der Waals surface area contributed by atoms with Crippen molar-refractivity contribution in [1.29, 1.82) is 0 Å². The second-order valence-electron chi connectivity index (χ2n) is 7.23. The Balaban J connectivity index is 1.71. The predicted molar refractivity (Wildman–Crippen MR) is 122 cm³/mol. The number of nitrogens with one attached hydrogen (secondary N) is 1. The van der Waals surface area contributed by atoms with E-state index in [0.29, 0.717) is 44.3 Å². The summed E-state index contributed by atoms with van der Waals surface area (Å²) >= 11 is 5.94.